The van der Waals surface area contributed by atoms with Crippen molar-refractivity contribution >= 4 is 29.1 Å². The Hall–Kier alpha value is -6.88. The number of benzene rings is 3. The third-order valence-corrected chi connectivity index (χ3v) is 14.4. The lowest BCUT2D eigenvalue weighted by atomic mass is 9.88. The SMILES string of the molecule is Cn1cnnc1Cc1cccc(-n2cc3c(C(F)(F)F)cc(CN4CCC(CC(=O)N5CCC(Cc6ccc(-c7ccc8c(c7)CN(C7CCC(=O)NC7=O)C8=O)cc6)CC5)CC4)cn3c2=O)c1. The second kappa shape index (κ2) is 18.3. The number of amides is 4. The highest BCUT2D eigenvalue weighted by molar-refractivity contribution is 6.05. The fourth-order valence-corrected chi connectivity index (χ4v) is 10.5. The number of halogens is 3. The number of likely N-dealkylation sites (tertiary alicyclic amines) is 2. The molecule has 4 amide bonds. The third-order valence-electron chi connectivity index (χ3n) is 14.4. The first-order chi connectivity index (χ1) is 32.7. The fraction of sp³-hybridized carbons (Fsp3) is 0.392. The van der Waals surface area contributed by atoms with Gasteiger partial charge in [0, 0.05) is 70.4 Å². The number of piperidine rings is 3. The lowest BCUT2D eigenvalue weighted by Gasteiger charge is -2.35. The average Bonchev–Trinajstić information content (AvgIpc) is 4.00. The molecule has 4 aliphatic rings. The van der Waals surface area contributed by atoms with Crippen molar-refractivity contribution in [3.05, 3.63) is 141 Å². The Bertz CT molecular complexity index is 2980. The molecule has 7 heterocycles. The summed E-state index contributed by atoms with van der Waals surface area (Å²) in [5.74, 6) is 0.599. The van der Waals surface area contributed by atoms with Crippen LogP contribution in [0.4, 0.5) is 13.2 Å². The summed E-state index contributed by atoms with van der Waals surface area (Å²) in [4.78, 5) is 70.1. The van der Waals surface area contributed by atoms with Crippen molar-refractivity contribution in [2.75, 3.05) is 26.2 Å². The molecule has 10 rings (SSSR count). The normalized spacial score (nSPS) is 18.7. The highest BCUT2D eigenvalue weighted by Crippen LogP contribution is 2.35. The Morgan fingerprint density at radius 3 is 2.28 bits per heavy atom. The first-order valence-electron chi connectivity index (χ1n) is 23.4. The number of aromatic nitrogens is 5. The molecule has 6 aromatic rings. The van der Waals surface area contributed by atoms with E-state index in [1.807, 2.05) is 36.2 Å². The van der Waals surface area contributed by atoms with E-state index in [9.17, 15) is 37.1 Å². The van der Waals surface area contributed by atoms with Crippen LogP contribution >= 0.6 is 0 Å². The summed E-state index contributed by atoms with van der Waals surface area (Å²) in [6, 6.07) is 21.9. The number of imide groups is 1. The van der Waals surface area contributed by atoms with Gasteiger partial charge in [-0.3, -0.25) is 38.4 Å². The van der Waals surface area contributed by atoms with Crippen LogP contribution in [-0.4, -0.2) is 94.3 Å². The summed E-state index contributed by atoms with van der Waals surface area (Å²) in [6.45, 7) is 3.29. The first-order valence-corrected chi connectivity index (χ1v) is 23.4. The van der Waals surface area contributed by atoms with Crippen molar-refractivity contribution in [3.8, 4) is 16.8 Å². The number of hydrogen-bond donors (Lipinski definition) is 1. The van der Waals surface area contributed by atoms with E-state index >= 15 is 0 Å². The van der Waals surface area contributed by atoms with E-state index in [-0.39, 0.29) is 42.1 Å². The van der Waals surface area contributed by atoms with E-state index in [2.05, 4.69) is 44.7 Å². The molecule has 3 aromatic heterocycles. The summed E-state index contributed by atoms with van der Waals surface area (Å²) in [6.07, 6.45) is 5.40. The Morgan fingerprint density at radius 2 is 1.56 bits per heavy atom. The van der Waals surface area contributed by atoms with Gasteiger partial charge in [-0.1, -0.05) is 42.5 Å². The Labute approximate surface area is 390 Å². The topological polar surface area (TPSA) is 147 Å². The predicted octanol–water partition coefficient (Wildman–Crippen LogP) is 6.34. The lowest BCUT2D eigenvalue weighted by Crippen LogP contribution is -2.52. The maximum absolute atomic E-state index is 14.5. The highest BCUT2D eigenvalue weighted by atomic mass is 19.4. The number of alkyl halides is 3. The van der Waals surface area contributed by atoms with E-state index in [0.29, 0.717) is 80.5 Å². The second-order valence-electron chi connectivity index (χ2n) is 18.9. The zero-order valence-corrected chi connectivity index (χ0v) is 37.8. The molecule has 1 unspecified atom stereocenters. The minimum Gasteiger partial charge on any atom is -0.343 e. The number of pyridine rings is 1. The number of aryl methyl sites for hydroxylation is 1. The molecule has 17 heteroatoms. The predicted molar refractivity (Wildman–Crippen MR) is 245 cm³/mol. The molecule has 0 spiro atoms. The molecule has 1 N–H and O–H groups in total. The molecule has 3 aromatic carbocycles. The van der Waals surface area contributed by atoms with Crippen LogP contribution in [0.1, 0.15) is 88.9 Å². The van der Waals surface area contributed by atoms with Gasteiger partial charge in [-0.25, -0.2) is 4.79 Å². The van der Waals surface area contributed by atoms with Gasteiger partial charge in [0.2, 0.25) is 17.7 Å². The maximum Gasteiger partial charge on any atom is 0.418 e. The van der Waals surface area contributed by atoms with Crippen molar-refractivity contribution in [1.29, 1.82) is 0 Å². The van der Waals surface area contributed by atoms with Crippen LogP contribution in [0.25, 0.3) is 22.3 Å². The van der Waals surface area contributed by atoms with Gasteiger partial charge < -0.3 is 14.4 Å². The van der Waals surface area contributed by atoms with Crippen LogP contribution in [0.15, 0.2) is 96.3 Å². The number of rotatable bonds is 11. The van der Waals surface area contributed by atoms with Crippen molar-refractivity contribution < 1.29 is 32.3 Å². The Kier molecular flexibility index (Phi) is 12.1. The molecule has 0 radical (unpaired) electrons. The quantitative estimate of drug-likeness (QED) is 0.148. The van der Waals surface area contributed by atoms with Crippen LogP contribution in [0.3, 0.4) is 0 Å². The minimum atomic E-state index is -4.68. The molecule has 68 heavy (non-hydrogen) atoms. The van der Waals surface area contributed by atoms with Gasteiger partial charge in [-0.05, 0) is 127 Å². The summed E-state index contributed by atoms with van der Waals surface area (Å²) in [5.41, 5.74) is 4.72. The van der Waals surface area contributed by atoms with Crippen molar-refractivity contribution in [3.63, 3.8) is 0 Å². The Balaban J connectivity index is 0.699. The molecule has 0 aliphatic carbocycles. The summed E-state index contributed by atoms with van der Waals surface area (Å²) in [5, 5.41) is 10.4. The van der Waals surface area contributed by atoms with Crippen LogP contribution < -0.4 is 11.0 Å². The maximum atomic E-state index is 14.5. The van der Waals surface area contributed by atoms with Crippen LogP contribution in [0.2, 0.25) is 0 Å². The van der Waals surface area contributed by atoms with Crippen molar-refractivity contribution in [2.45, 2.75) is 83.1 Å². The summed E-state index contributed by atoms with van der Waals surface area (Å²) >= 11 is 0. The molecule has 3 fully saturated rings. The largest absolute Gasteiger partial charge is 0.418 e. The summed E-state index contributed by atoms with van der Waals surface area (Å²) < 4.78 is 47.8. The molecule has 14 nitrogen and oxygen atoms in total. The van der Waals surface area contributed by atoms with E-state index in [4.69, 9.17) is 0 Å². The molecule has 0 saturated carbocycles. The smallest absolute Gasteiger partial charge is 0.343 e. The van der Waals surface area contributed by atoms with Crippen LogP contribution in [-0.2, 0) is 53.5 Å². The van der Waals surface area contributed by atoms with Gasteiger partial charge >= 0.3 is 11.9 Å². The van der Waals surface area contributed by atoms with Gasteiger partial charge in [0.05, 0.1) is 16.8 Å². The van der Waals surface area contributed by atoms with Crippen molar-refractivity contribution in [2.24, 2.45) is 18.9 Å². The zero-order valence-electron chi connectivity index (χ0n) is 37.8. The van der Waals surface area contributed by atoms with Gasteiger partial charge in [-0.2, -0.15) is 13.2 Å². The van der Waals surface area contributed by atoms with Crippen LogP contribution in [0.5, 0.6) is 0 Å². The molecular weight excluding hydrogens is 876 g/mol. The summed E-state index contributed by atoms with van der Waals surface area (Å²) in [7, 11) is 1.83. The fourth-order valence-electron chi connectivity index (χ4n) is 10.5. The average molecular weight is 928 g/mol. The number of carbonyl (C=O) groups excluding carboxylic acids is 4. The van der Waals surface area contributed by atoms with E-state index in [1.54, 1.807) is 34.0 Å². The number of fused-ring (bicyclic) bond motifs is 2. The third kappa shape index (κ3) is 9.23. The standard InChI is InChI=1S/C51H52F3N9O5/c1-58-31-55-57-45(58)24-35-3-2-4-40(22-35)61-30-44-42(51(52,53)54)23-36(28-63(44)50(61)68)27-59-17-13-34(14-18-59)25-47(65)60-19-15-33(16-20-60)21-32-5-7-37(8-6-32)38-9-10-41-39(26-38)29-62(49(41)67)43-11-12-46(64)56-48(43)66/h2-10,22-23,26,28,30-31,33-34,43H,11-21,24-25,27,29H2,1H3,(H,56,64,66). The number of nitrogens with one attached hydrogen (secondary N) is 1. The second-order valence-corrected chi connectivity index (χ2v) is 18.9. The molecule has 0 bridgehead atoms. The van der Waals surface area contributed by atoms with E-state index in [1.165, 1.54) is 22.5 Å². The lowest BCUT2D eigenvalue weighted by molar-refractivity contribution is -0.137. The molecule has 3 saturated heterocycles. The molecular formula is C51H52F3N9O5. The number of imidazole rings is 1. The Morgan fingerprint density at radius 1 is 0.809 bits per heavy atom. The number of carbonyl (C=O) groups is 4. The molecule has 1 atom stereocenters. The molecule has 352 valence electrons. The first kappa shape index (κ1) is 44.9. The van der Waals surface area contributed by atoms with Crippen molar-refractivity contribution in [1.82, 2.24) is 43.7 Å². The van der Waals surface area contributed by atoms with Crippen LogP contribution in [0, 0.1) is 11.8 Å². The van der Waals surface area contributed by atoms with Gasteiger partial charge in [0.1, 0.15) is 18.2 Å². The van der Waals surface area contributed by atoms with Gasteiger partial charge in [-0.15, -0.1) is 10.2 Å². The molecule has 4 aliphatic heterocycles. The number of hydrogen-bond acceptors (Lipinski definition) is 8. The van der Waals surface area contributed by atoms with Gasteiger partial charge in [0.15, 0.2) is 0 Å². The minimum absolute atomic E-state index is 0.158. The number of nitrogens with zero attached hydrogens (tertiary/aromatic N) is 8. The van der Waals surface area contributed by atoms with E-state index in [0.717, 1.165) is 64.8 Å². The van der Waals surface area contributed by atoms with Gasteiger partial charge in [0.25, 0.3) is 5.91 Å². The zero-order chi connectivity index (χ0) is 47.3. The van der Waals surface area contributed by atoms with E-state index < -0.39 is 29.4 Å². The monoisotopic (exact) mass is 927 g/mol. The highest BCUT2D eigenvalue weighted by Gasteiger charge is 2.39.